The molecule has 41 heavy (non-hydrogen) atoms. The van der Waals surface area contributed by atoms with Gasteiger partial charge in [0.25, 0.3) is 0 Å². The Morgan fingerprint density at radius 2 is 1.90 bits per heavy atom. The Morgan fingerprint density at radius 1 is 1.22 bits per heavy atom. The molecule has 1 aromatic carbocycles. The number of rotatable bonds is 6. The first-order chi connectivity index (χ1) is 19.0. The van der Waals surface area contributed by atoms with Gasteiger partial charge in [-0.3, -0.25) is 9.69 Å². The summed E-state index contributed by atoms with van der Waals surface area (Å²) in [7, 11) is 1.45. The van der Waals surface area contributed by atoms with E-state index in [9.17, 15) is 19.1 Å². The lowest BCUT2D eigenvalue weighted by Crippen LogP contribution is -2.41. The number of carbonyl (C=O) groups excluding carboxylic acids is 2. The number of anilines is 1. The van der Waals surface area contributed by atoms with Gasteiger partial charge in [0, 0.05) is 37.0 Å². The van der Waals surface area contributed by atoms with Crippen molar-refractivity contribution >= 4 is 29.4 Å². The maximum absolute atomic E-state index is 15.1. The van der Waals surface area contributed by atoms with Crippen molar-refractivity contribution in [1.82, 2.24) is 9.97 Å². The maximum Gasteiger partial charge on any atom is 0.415 e. The second-order valence-corrected chi connectivity index (χ2v) is 11.4. The Hall–Kier alpha value is -3.87. The number of hydrogen-bond donors (Lipinski definition) is 3. The summed E-state index contributed by atoms with van der Waals surface area (Å²) >= 11 is 5.96. The van der Waals surface area contributed by atoms with Crippen molar-refractivity contribution < 1.29 is 33.0 Å². The van der Waals surface area contributed by atoms with Crippen molar-refractivity contribution in [2.24, 2.45) is 11.5 Å². The van der Waals surface area contributed by atoms with E-state index in [1.807, 2.05) is 0 Å². The number of amides is 2. The van der Waals surface area contributed by atoms with E-state index in [4.69, 9.17) is 32.5 Å². The number of ether oxygens (including phenoxy) is 2. The lowest BCUT2D eigenvalue weighted by Gasteiger charge is -2.30. The molecule has 3 aromatic rings. The number of fused-ring (bicyclic) bond motifs is 1. The van der Waals surface area contributed by atoms with Crippen LogP contribution in [0.15, 0.2) is 36.5 Å². The largest absolute Gasteiger partial charge is 0.489 e. The van der Waals surface area contributed by atoms with Gasteiger partial charge in [0.2, 0.25) is 5.91 Å². The molecular formula is C28H30ClF2N5O5. The molecule has 0 unspecified atom stereocenters. The summed E-state index contributed by atoms with van der Waals surface area (Å²) < 4.78 is 40.2. The van der Waals surface area contributed by atoms with Crippen molar-refractivity contribution in [2.45, 2.75) is 44.3 Å². The molecule has 0 fully saturated rings. The van der Waals surface area contributed by atoms with E-state index < -0.39 is 46.8 Å². The quantitative estimate of drug-likeness (QED) is 0.367. The molecule has 1 aliphatic rings. The van der Waals surface area contributed by atoms with Gasteiger partial charge in [-0.15, -0.1) is 0 Å². The molecule has 10 nitrogen and oxygen atoms in total. The first kappa shape index (κ1) is 30.1. The number of aliphatic hydroxyl groups is 1. The summed E-state index contributed by atoms with van der Waals surface area (Å²) in [5.41, 5.74) is 7.54. The number of pyridine rings is 2. The highest BCUT2D eigenvalue weighted by Gasteiger charge is 2.46. The van der Waals surface area contributed by atoms with Gasteiger partial charge in [-0.05, 0) is 57.5 Å². The SMILES string of the molecule is CN(C(=O)OC(C)(C)C)c1cc([C@](O)(CN)c2cc3c(c(-c4cc(Cl)c(F)cc4F)n2)OC[C@]3(C)C(N)=O)ccn1. The van der Waals surface area contributed by atoms with E-state index in [1.165, 1.54) is 38.4 Å². The number of primary amides is 1. The van der Waals surface area contributed by atoms with Crippen LogP contribution >= 0.6 is 11.6 Å². The number of hydrogen-bond acceptors (Lipinski definition) is 8. The van der Waals surface area contributed by atoms with E-state index in [2.05, 4.69) is 9.97 Å². The molecule has 2 aromatic heterocycles. The predicted octanol–water partition coefficient (Wildman–Crippen LogP) is 3.78. The van der Waals surface area contributed by atoms with E-state index >= 15 is 4.39 Å². The van der Waals surface area contributed by atoms with Crippen molar-refractivity contribution in [1.29, 1.82) is 0 Å². The van der Waals surface area contributed by atoms with E-state index in [0.29, 0.717) is 6.07 Å². The summed E-state index contributed by atoms with van der Waals surface area (Å²) in [5.74, 6) is -2.57. The third-order valence-corrected chi connectivity index (χ3v) is 7.12. The molecule has 0 aliphatic carbocycles. The Bertz CT molecular complexity index is 1550. The molecule has 3 heterocycles. The average Bonchev–Trinajstić information content (AvgIpc) is 3.26. The summed E-state index contributed by atoms with van der Waals surface area (Å²) in [6.07, 6.45) is 0.672. The molecule has 2 atom stereocenters. The monoisotopic (exact) mass is 589 g/mol. The third kappa shape index (κ3) is 5.42. The Balaban J connectivity index is 1.92. The fourth-order valence-corrected chi connectivity index (χ4v) is 4.50. The highest BCUT2D eigenvalue weighted by atomic mass is 35.5. The van der Waals surface area contributed by atoms with Crippen molar-refractivity contribution in [2.75, 3.05) is 25.1 Å². The minimum atomic E-state index is -2.04. The van der Waals surface area contributed by atoms with Crippen LogP contribution in [0.25, 0.3) is 11.3 Å². The summed E-state index contributed by atoms with van der Waals surface area (Å²) in [4.78, 5) is 35.0. The second-order valence-electron chi connectivity index (χ2n) is 11.0. The van der Waals surface area contributed by atoms with Crippen LogP contribution in [0.5, 0.6) is 5.75 Å². The summed E-state index contributed by atoms with van der Waals surface area (Å²) in [6.45, 7) is 6.06. The minimum Gasteiger partial charge on any atom is -0.489 e. The second kappa shape index (κ2) is 10.5. The molecule has 0 spiro atoms. The van der Waals surface area contributed by atoms with Crippen molar-refractivity contribution in [3.63, 3.8) is 0 Å². The average molecular weight is 590 g/mol. The van der Waals surface area contributed by atoms with Gasteiger partial charge in [-0.1, -0.05) is 11.6 Å². The number of nitrogens with two attached hydrogens (primary N) is 2. The van der Waals surface area contributed by atoms with Gasteiger partial charge < -0.3 is 26.0 Å². The Morgan fingerprint density at radius 3 is 2.51 bits per heavy atom. The minimum absolute atomic E-state index is 0.0241. The molecule has 2 amide bonds. The van der Waals surface area contributed by atoms with Crippen LogP contribution in [0, 0.1) is 11.6 Å². The van der Waals surface area contributed by atoms with Gasteiger partial charge in [0.05, 0.1) is 10.7 Å². The van der Waals surface area contributed by atoms with Crippen LogP contribution in [0.2, 0.25) is 5.02 Å². The third-order valence-electron chi connectivity index (χ3n) is 6.83. The van der Waals surface area contributed by atoms with Gasteiger partial charge in [0.1, 0.15) is 52.1 Å². The normalized spacial score (nSPS) is 17.8. The standard InChI is InChI=1S/C28H30ClF2N5O5/c1-26(2,3)41-25(38)36(5)21-8-14(6-7-34-21)28(39,12-32)20-10-16-23(40-13-27(16,4)24(33)37)22(35-20)15-9-17(29)19(31)11-18(15)30/h6-11,39H,12-13,32H2,1-5H3,(H2,33,37)/t27-,28+/m0/s1. The number of halogens is 3. The Labute approximate surface area is 240 Å². The highest BCUT2D eigenvalue weighted by molar-refractivity contribution is 6.31. The molecule has 0 radical (unpaired) electrons. The van der Waals surface area contributed by atoms with Crippen LogP contribution in [0.4, 0.5) is 19.4 Å². The van der Waals surface area contributed by atoms with Crippen molar-refractivity contribution in [3.05, 3.63) is 70.0 Å². The molecule has 5 N–H and O–H groups in total. The highest BCUT2D eigenvalue weighted by Crippen LogP contribution is 2.47. The molecular weight excluding hydrogens is 560 g/mol. The van der Waals surface area contributed by atoms with Crippen LogP contribution in [0.1, 0.15) is 44.5 Å². The molecule has 0 saturated heterocycles. The predicted molar refractivity (Wildman–Crippen MR) is 148 cm³/mol. The molecule has 0 saturated carbocycles. The van der Waals surface area contributed by atoms with Gasteiger partial charge in [-0.2, -0.15) is 0 Å². The molecule has 13 heteroatoms. The molecule has 218 valence electrons. The zero-order valence-corrected chi connectivity index (χ0v) is 23.8. The van der Waals surface area contributed by atoms with E-state index in [1.54, 1.807) is 20.8 Å². The van der Waals surface area contributed by atoms with Gasteiger partial charge in [-0.25, -0.2) is 23.5 Å². The smallest absolute Gasteiger partial charge is 0.415 e. The van der Waals surface area contributed by atoms with E-state index in [0.717, 1.165) is 11.0 Å². The van der Waals surface area contributed by atoms with Crippen LogP contribution < -0.4 is 21.1 Å². The number of carbonyl (C=O) groups is 2. The van der Waals surface area contributed by atoms with Crippen molar-refractivity contribution in [3.8, 4) is 17.0 Å². The number of benzene rings is 1. The first-order valence-corrected chi connectivity index (χ1v) is 12.9. The maximum atomic E-state index is 15.1. The molecule has 0 bridgehead atoms. The molecule has 4 rings (SSSR count). The topological polar surface area (TPSA) is 154 Å². The van der Waals surface area contributed by atoms with Crippen LogP contribution in [-0.2, 0) is 20.5 Å². The Kier molecular flexibility index (Phi) is 7.72. The van der Waals surface area contributed by atoms with E-state index in [-0.39, 0.29) is 51.3 Å². The van der Waals surface area contributed by atoms with Gasteiger partial charge in [0.15, 0.2) is 0 Å². The van der Waals surface area contributed by atoms with Crippen LogP contribution in [-0.4, -0.2) is 52.9 Å². The van der Waals surface area contributed by atoms with Crippen LogP contribution in [0.3, 0.4) is 0 Å². The zero-order chi connectivity index (χ0) is 30.5. The van der Waals surface area contributed by atoms with Gasteiger partial charge >= 0.3 is 6.09 Å². The summed E-state index contributed by atoms with van der Waals surface area (Å²) in [5, 5.41) is 11.6. The first-order valence-electron chi connectivity index (χ1n) is 12.5. The summed E-state index contributed by atoms with van der Waals surface area (Å²) in [6, 6.07) is 5.92. The lowest BCUT2D eigenvalue weighted by atomic mass is 9.81. The zero-order valence-electron chi connectivity index (χ0n) is 23.1. The fraction of sp³-hybridized carbons (Fsp3) is 0.357. The fourth-order valence-electron chi connectivity index (χ4n) is 4.34. The molecule has 1 aliphatic heterocycles. The number of nitrogens with zero attached hydrogens (tertiary/aromatic N) is 3. The number of aromatic nitrogens is 2. The lowest BCUT2D eigenvalue weighted by molar-refractivity contribution is -0.123.